The number of rotatable bonds is 3. The van der Waals surface area contributed by atoms with Crippen LogP contribution < -0.4 is 10.2 Å². The number of benzene rings is 4. The monoisotopic (exact) mass is 568 g/mol. The fraction of sp³-hybridized carbons (Fsp3) is 0.103. The van der Waals surface area contributed by atoms with Crippen LogP contribution in [0.25, 0.3) is 10.8 Å². The molecule has 0 fully saturated rings. The highest BCUT2D eigenvalue weighted by Crippen LogP contribution is 2.56. The summed E-state index contributed by atoms with van der Waals surface area (Å²) >= 11 is 0. The summed E-state index contributed by atoms with van der Waals surface area (Å²) in [6.07, 6.45) is -11.6. The largest absolute Gasteiger partial charge is 0.411 e. The predicted molar refractivity (Wildman–Crippen MR) is 133 cm³/mol. The normalized spacial score (nSPS) is 15.4. The molecule has 0 aromatic heterocycles. The summed E-state index contributed by atoms with van der Waals surface area (Å²) < 4.78 is 86.3. The Labute approximate surface area is 226 Å². The maximum atomic E-state index is 14.4. The van der Waals surface area contributed by atoms with Gasteiger partial charge in [-0.05, 0) is 47.5 Å². The lowest BCUT2D eigenvalue weighted by Gasteiger charge is -2.38. The van der Waals surface area contributed by atoms with Crippen LogP contribution in [0.1, 0.15) is 52.6 Å². The Morgan fingerprint density at radius 1 is 0.512 bits per heavy atom. The fourth-order valence-electron chi connectivity index (χ4n) is 5.57. The molecule has 2 aliphatic heterocycles. The average Bonchev–Trinajstić information content (AvgIpc) is 2.91. The molecule has 2 aliphatic rings. The van der Waals surface area contributed by atoms with Crippen LogP contribution in [0.2, 0.25) is 0 Å². The van der Waals surface area contributed by atoms with E-state index in [-0.39, 0.29) is 38.7 Å². The van der Waals surface area contributed by atoms with Gasteiger partial charge in [-0.15, -0.1) is 0 Å². The topological polar surface area (TPSA) is 83.6 Å². The summed E-state index contributed by atoms with van der Waals surface area (Å²) in [6.45, 7) is 0. The summed E-state index contributed by atoms with van der Waals surface area (Å²) in [6, 6.07) is 12.8. The van der Waals surface area contributed by atoms with E-state index < -0.39 is 52.5 Å². The number of hydrogen-bond donors (Lipinski definition) is 1. The molecule has 0 saturated heterocycles. The molecule has 0 aliphatic carbocycles. The Hall–Kier alpha value is -5.00. The highest BCUT2D eigenvalue weighted by Gasteiger charge is 2.72. The van der Waals surface area contributed by atoms with Crippen molar-refractivity contribution in [3.8, 4) is 0 Å². The number of amides is 4. The zero-order chi connectivity index (χ0) is 29.5. The SMILES string of the molecule is O=C1NC(=O)c2ccc3c4c(ccc1c24)C(=O)N(c1ccc(C(c2ccccc2)(C(F)(F)F)C(F)(F)F)cc1)C3=O. The highest BCUT2D eigenvalue weighted by molar-refractivity contribution is 6.39. The molecule has 41 heavy (non-hydrogen) atoms. The molecule has 0 bridgehead atoms. The number of anilines is 1. The van der Waals surface area contributed by atoms with Crippen LogP contribution in [0.15, 0.2) is 78.9 Å². The van der Waals surface area contributed by atoms with Crippen LogP contribution >= 0.6 is 0 Å². The standard InChI is InChI=1S/C29H14F6N2O4/c30-28(31,32)27(29(33,34)35,14-4-2-1-3-5-14)15-6-8-16(9-7-15)37-25(40)19-12-10-17-21-18(24(39)36-23(17)38)11-13-20(22(19)21)26(37)41/h1-13H,(H,36,38,39). The first kappa shape index (κ1) is 26.2. The van der Waals surface area contributed by atoms with Crippen molar-refractivity contribution in [2.75, 3.05) is 4.90 Å². The van der Waals surface area contributed by atoms with E-state index >= 15 is 0 Å². The molecule has 2 heterocycles. The van der Waals surface area contributed by atoms with Crippen LogP contribution in [0.4, 0.5) is 32.0 Å². The molecule has 6 nitrogen and oxygen atoms in total. The molecule has 0 radical (unpaired) electrons. The highest BCUT2D eigenvalue weighted by atomic mass is 19.4. The van der Waals surface area contributed by atoms with E-state index in [0.29, 0.717) is 17.0 Å². The first-order valence-corrected chi connectivity index (χ1v) is 11.9. The van der Waals surface area contributed by atoms with Gasteiger partial charge in [0.25, 0.3) is 23.6 Å². The summed E-state index contributed by atoms with van der Waals surface area (Å²) in [5.41, 5.74) is -6.89. The number of nitrogens with one attached hydrogen (secondary N) is 1. The quantitative estimate of drug-likeness (QED) is 0.245. The molecule has 4 aromatic rings. The Bertz CT molecular complexity index is 1730. The maximum Gasteiger partial charge on any atom is 0.411 e. The molecule has 206 valence electrons. The van der Waals surface area contributed by atoms with E-state index in [1.54, 1.807) is 0 Å². The van der Waals surface area contributed by atoms with Crippen molar-refractivity contribution >= 4 is 40.1 Å². The van der Waals surface area contributed by atoms with Gasteiger partial charge in [0.1, 0.15) is 0 Å². The van der Waals surface area contributed by atoms with Gasteiger partial charge in [0.05, 0.1) is 5.69 Å². The van der Waals surface area contributed by atoms with Crippen molar-refractivity contribution in [2.24, 2.45) is 0 Å². The second-order valence-corrected chi connectivity index (χ2v) is 9.46. The number of imide groups is 2. The number of carbonyl (C=O) groups excluding carboxylic acids is 4. The minimum atomic E-state index is -5.80. The van der Waals surface area contributed by atoms with Crippen molar-refractivity contribution in [1.82, 2.24) is 5.32 Å². The molecule has 0 unspecified atom stereocenters. The van der Waals surface area contributed by atoms with Gasteiger partial charge in [0.2, 0.25) is 5.41 Å². The lowest BCUT2D eigenvalue weighted by molar-refractivity contribution is -0.288. The molecule has 0 spiro atoms. The van der Waals surface area contributed by atoms with Gasteiger partial charge in [-0.3, -0.25) is 24.5 Å². The van der Waals surface area contributed by atoms with Crippen LogP contribution in [-0.4, -0.2) is 36.0 Å². The van der Waals surface area contributed by atoms with Gasteiger partial charge in [-0.25, -0.2) is 4.90 Å². The van der Waals surface area contributed by atoms with E-state index in [9.17, 15) is 45.5 Å². The van der Waals surface area contributed by atoms with E-state index in [1.165, 1.54) is 30.3 Å². The molecule has 4 aromatic carbocycles. The molecule has 6 rings (SSSR count). The van der Waals surface area contributed by atoms with Gasteiger partial charge >= 0.3 is 12.4 Å². The summed E-state index contributed by atoms with van der Waals surface area (Å²) in [5.74, 6) is -3.31. The van der Waals surface area contributed by atoms with Gasteiger partial charge in [0.15, 0.2) is 0 Å². The number of nitrogens with zero attached hydrogens (tertiary/aromatic N) is 1. The maximum absolute atomic E-state index is 14.4. The fourth-order valence-corrected chi connectivity index (χ4v) is 5.57. The van der Waals surface area contributed by atoms with E-state index in [2.05, 4.69) is 5.32 Å². The summed E-state index contributed by atoms with van der Waals surface area (Å²) in [5, 5.41) is 2.32. The minimum absolute atomic E-state index is 0.0586. The third-order valence-electron chi connectivity index (χ3n) is 7.36. The zero-order valence-corrected chi connectivity index (χ0v) is 20.4. The summed E-state index contributed by atoms with van der Waals surface area (Å²) in [7, 11) is 0. The summed E-state index contributed by atoms with van der Waals surface area (Å²) in [4.78, 5) is 52.3. The van der Waals surface area contributed by atoms with Crippen LogP contribution in [0.3, 0.4) is 0 Å². The third-order valence-corrected chi connectivity index (χ3v) is 7.36. The number of alkyl halides is 6. The lowest BCUT2D eigenvalue weighted by Crippen LogP contribution is -2.54. The van der Waals surface area contributed by atoms with Crippen molar-refractivity contribution in [1.29, 1.82) is 0 Å². The first-order chi connectivity index (χ1) is 19.3. The van der Waals surface area contributed by atoms with E-state index in [0.717, 1.165) is 36.4 Å². The predicted octanol–water partition coefficient (Wildman–Crippen LogP) is 5.93. The van der Waals surface area contributed by atoms with Gasteiger partial charge in [0, 0.05) is 33.0 Å². The van der Waals surface area contributed by atoms with Crippen LogP contribution in [0, 0.1) is 0 Å². The van der Waals surface area contributed by atoms with Crippen LogP contribution in [0.5, 0.6) is 0 Å². The Kier molecular flexibility index (Phi) is 5.44. The number of hydrogen-bond acceptors (Lipinski definition) is 4. The van der Waals surface area contributed by atoms with Crippen LogP contribution in [-0.2, 0) is 5.41 Å². The number of carbonyl (C=O) groups is 4. The zero-order valence-electron chi connectivity index (χ0n) is 20.4. The molecule has 12 heteroatoms. The van der Waals surface area contributed by atoms with Crippen molar-refractivity contribution in [3.05, 3.63) is 112 Å². The minimum Gasteiger partial charge on any atom is -0.288 e. The molecular formula is C29H14F6N2O4. The Balaban J connectivity index is 1.49. The smallest absolute Gasteiger partial charge is 0.288 e. The average molecular weight is 568 g/mol. The van der Waals surface area contributed by atoms with E-state index in [4.69, 9.17) is 0 Å². The Morgan fingerprint density at radius 2 is 0.927 bits per heavy atom. The van der Waals surface area contributed by atoms with E-state index in [1.807, 2.05) is 0 Å². The molecule has 0 saturated carbocycles. The second-order valence-electron chi connectivity index (χ2n) is 9.46. The second kappa shape index (κ2) is 8.50. The van der Waals surface area contributed by atoms with Crippen molar-refractivity contribution < 1.29 is 45.5 Å². The lowest BCUT2D eigenvalue weighted by atomic mass is 9.73. The van der Waals surface area contributed by atoms with Gasteiger partial charge < -0.3 is 0 Å². The Morgan fingerprint density at radius 3 is 1.39 bits per heavy atom. The molecule has 0 atom stereocenters. The van der Waals surface area contributed by atoms with Crippen molar-refractivity contribution in [2.45, 2.75) is 17.8 Å². The molecule has 4 amide bonds. The third kappa shape index (κ3) is 3.46. The van der Waals surface area contributed by atoms with Crippen molar-refractivity contribution in [3.63, 3.8) is 0 Å². The number of halogens is 6. The molecular weight excluding hydrogens is 554 g/mol. The molecule has 1 N–H and O–H groups in total. The van der Waals surface area contributed by atoms with Gasteiger partial charge in [-0.1, -0.05) is 42.5 Å². The first-order valence-electron chi connectivity index (χ1n) is 11.9. The van der Waals surface area contributed by atoms with Gasteiger partial charge in [-0.2, -0.15) is 26.3 Å².